The highest BCUT2D eigenvalue weighted by atomic mass is 32.1. The molecule has 10 heteroatoms. The van der Waals surface area contributed by atoms with Crippen LogP contribution in [0.25, 0.3) is 6.08 Å². The summed E-state index contributed by atoms with van der Waals surface area (Å²) in [6.45, 7) is 3.67. The first kappa shape index (κ1) is 24.1. The van der Waals surface area contributed by atoms with Crippen molar-refractivity contribution >= 4 is 34.8 Å². The molecule has 0 saturated heterocycles. The average molecular weight is 493 g/mol. The van der Waals surface area contributed by atoms with Gasteiger partial charge in [-0.2, -0.15) is 0 Å². The van der Waals surface area contributed by atoms with E-state index in [1.165, 1.54) is 28.0 Å². The zero-order chi connectivity index (χ0) is 25.3. The first-order valence-corrected chi connectivity index (χ1v) is 11.7. The Morgan fingerprint density at radius 1 is 1.20 bits per heavy atom. The van der Waals surface area contributed by atoms with Crippen LogP contribution in [0.15, 0.2) is 69.6 Å². The molecule has 0 saturated carbocycles. The van der Waals surface area contributed by atoms with Gasteiger partial charge in [0.1, 0.15) is 0 Å². The van der Waals surface area contributed by atoms with E-state index in [-0.39, 0.29) is 17.9 Å². The lowest BCUT2D eigenvalue weighted by atomic mass is 9.95. The summed E-state index contributed by atoms with van der Waals surface area (Å²) in [5.74, 6) is -0.514. The predicted octanol–water partition coefficient (Wildman–Crippen LogP) is 2.77. The van der Waals surface area contributed by atoms with Gasteiger partial charge in [0.2, 0.25) is 0 Å². The van der Waals surface area contributed by atoms with Gasteiger partial charge in [-0.1, -0.05) is 23.5 Å². The number of carbonyl (C=O) groups is 1. The van der Waals surface area contributed by atoms with Gasteiger partial charge in [-0.05, 0) is 55.3 Å². The van der Waals surface area contributed by atoms with Gasteiger partial charge in [-0.25, -0.2) is 9.79 Å². The van der Waals surface area contributed by atoms with Crippen molar-refractivity contribution in [2.45, 2.75) is 19.9 Å². The molecular weight excluding hydrogens is 468 g/mol. The van der Waals surface area contributed by atoms with Gasteiger partial charge >= 0.3 is 5.97 Å². The third-order valence-electron chi connectivity index (χ3n) is 5.64. The van der Waals surface area contributed by atoms with Crippen LogP contribution in [-0.2, 0) is 9.53 Å². The Labute approximate surface area is 205 Å². The van der Waals surface area contributed by atoms with Crippen LogP contribution in [0.1, 0.15) is 31.0 Å². The molecule has 3 aromatic rings. The molecule has 1 aromatic heterocycles. The van der Waals surface area contributed by atoms with Crippen molar-refractivity contribution in [1.29, 1.82) is 0 Å². The molecule has 0 amide bonds. The van der Waals surface area contributed by atoms with E-state index in [2.05, 4.69) is 4.99 Å². The number of hydrogen-bond acceptors (Lipinski definition) is 8. The van der Waals surface area contributed by atoms with Crippen molar-refractivity contribution in [3.05, 3.63) is 101 Å². The van der Waals surface area contributed by atoms with Crippen molar-refractivity contribution in [2.24, 2.45) is 4.99 Å². The van der Waals surface area contributed by atoms with Crippen molar-refractivity contribution in [2.75, 3.05) is 25.6 Å². The predicted molar refractivity (Wildman–Crippen MR) is 134 cm³/mol. The number of nitro groups is 1. The molecule has 0 spiro atoms. The molecule has 4 rings (SSSR count). The van der Waals surface area contributed by atoms with Gasteiger partial charge in [0.25, 0.3) is 11.2 Å². The second kappa shape index (κ2) is 9.67. The summed E-state index contributed by atoms with van der Waals surface area (Å²) in [4.78, 5) is 44.0. The third kappa shape index (κ3) is 4.65. The Bertz CT molecular complexity index is 1500. The maximum Gasteiger partial charge on any atom is 0.338 e. The van der Waals surface area contributed by atoms with E-state index in [1.54, 1.807) is 32.1 Å². The molecule has 0 N–H and O–H groups in total. The summed E-state index contributed by atoms with van der Waals surface area (Å²) in [7, 11) is 3.87. The molecule has 2 heterocycles. The molecule has 1 atom stereocenters. The number of allylic oxidation sites excluding steroid dienone is 1. The Morgan fingerprint density at radius 3 is 2.43 bits per heavy atom. The summed E-state index contributed by atoms with van der Waals surface area (Å²) in [5.41, 5.74) is 2.87. The van der Waals surface area contributed by atoms with Crippen LogP contribution in [0.3, 0.4) is 0 Å². The fraction of sp³-hybridized carbons (Fsp3) is 0.240. The molecule has 180 valence electrons. The monoisotopic (exact) mass is 492 g/mol. The number of esters is 1. The summed E-state index contributed by atoms with van der Waals surface area (Å²) < 4.78 is 7.24. The van der Waals surface area contributed by atoms with E-state index >= 15 is 0 Å². The van der Waals surface area contributed by atoms with Gasteiger partial charge in [0.05, 0.1) is 33.4 Å². The normalized spacial score (nSPS) is 15.4. The highest BCUT2D eigenvalue weighted by molar-refractivity contribution is 7.07. The van der Waals surface area contributed by atoms with Crippen LogP contribution >= 0.6 is 11.3 Å². The Kier molecular flexibility index (Phi) is 6.65. The number of aromatic nitrogens is 1. The van der Waals surface area contributed by atoms with Crippen LogP contribution in [0.2, 0.25) is 0 Å². The van der Waals surface area contributed by atoms with Gasteiger partial charge in [0.15, 0.2) is 4.80 Å². The molecule has 1 unspecified atom stereocenters. The van der Waals surface area contributed by atoms with E-state index in [0.717, 1.165) is 11.3 Å². The number of rotatable bonds is 6. The summed E-state index contributed by atoms with van der Waals surface area (Å²) in [5, 5.41) is 10.9. The number of ether oxygens (including phenoxy) is 1. The topological polar surface area (TPSA) is 107 Å². The van der Waals surface area contributed by atoms with Gasteiger partial charge in [0, 0.05) is 31.9 Å². The molecule has 9 nitrogen and oxygen atoms in total. The number of nitro benzene ring substituents is 1. The van der Waals surface area contributed by atoms with Gasteiger partial charge in [-0.15, -0.1) is 0 Å². The van der Waals surface area contributed by atoms with Crippen LogP contribution in [0.5, 0.6) is 0 Å². The van der Waals surface area contributed by atoms with Crippen molar-refractivity contribution in [3.63, 3.8) is 0 Å². The lowest BCUT2D eigenvalue weighted by Gasteiger charge is -2.25. The van der Waals surface area contributed by atoms with Crippen LogP contribution < -0.4 is 19.8 Å². The Morgan fingerprint density at radius 2 is 1.86 bits per heavy atom. The molecule has 35 heavy (non-hydrogen) atoms. The molecule has 0 bridgehead atoms. The molecule has 1 aliphatic rings. The summed E-state index contributed by atoms with van der Waals surface area (Å²) >= 11 is 1.20. The standard InChI is InChI=1S/C25H24N4O5S/c1-5-34-24(31)21-15(2)26-25-28(22(21)17-8-12-18(13-9-17)27(3)4)23(30)20(35-25)14-16-6-10-19(11-7-16)29(32)33/h6-14,22H,5H2,1-4H3. The number of hydrogen-bond donors (Lipinski definition) is 0. The minimum absolute atomic E-state index is 0.0283. The lowest BCUT2D eigenvalue weighted by molar-refractivity contribution is -0.384. The highest BCUT2D eigenvalue weighted by Gasteiger charge is 2.33. The Hall–Kier alpha value is -4.05. The molecular formula is C25H24N4O5S. The van der Waals surface area contributed by atoms with E-state index < -0.39 is 16.9 Å². The molecule has 0 fully saturated rings. The van der Waals surface area contributed by atoms with Crippen molar-refractivity contribution < 1.29 is 14.5 Å². The lowest BCUT2D eigenvalue weighted by Crippen LogP contribution is -2.39. The number of thiazole rings is 1. The summed E-state index contributed by atoms with van der Waals surface area (Å²) in [6, 6.07) is 12.9. The first-order valence-electron chi connectivity index (χ1n) is 10.9. The maximum atomic E-state index is 13.6. The third-order valence-corrected chi connectivity index (χ3v) is 6.63. The average Bonchev–Trinajstić information content (AvgIpc) is 3.13. The summed E-state index contributed by atoms with van der Waals surface area (Å²) in [6.07, 6.45) is 1.67. The molecule has 2 aromatic carbocycles. The van der Waals surface area contributed by atoms with Crippen LogP contribution in [0.4, 0.5) is 11.4 Å². The van der Waals surface area contributed by atoms with E-state index in [1.807, 2.05) is 43.3 Å². The van der Waals surface area contributed by atoms with E-state index in [0.29, 0.717) is 26.2 Å². The minimum atomic E-state index is -0.694. The first-order chi connectivity index (χ1) is 16.7. The SMILES string of the molecule is CCOC(=O)C1=C(C)N=c2sc(=Cc3ccc([N+](=O)[O-])cc3)c(=O)n2C1c1ccc(N(C)C)cc1. The molecule has 0 radical (unpaired) electrons. The van der Waals surface area contributed by atoms with Crippen molar-refractivity contribution in [3.8, 4) is 0 Å². The van der Waals surface area contributed by atoms with Crippen LogP contribution in [0, 0.1) is 10.1 Å². The minimum Gasteiger partial charge on any atom is -0.463 e. The number of nitrogens with zero attached hydrogens (tertiary/aromatic N) is 4. The molecule has 0 aliphatic carbocycles. The Balaban J connectivity index is 1.89. The fourth-order valence-electron chi connectivity index (χ4n) is 3.91. The highest BCUT2D eigenvalue weighted by Crippen LogP contribution is 2.31. The number of anilines is 1. The van der Waals surface area contributed by atoms with E-state index in [4.69, 9.17) is 4.74 Å². The fourth-order valence-corrected chi connectivity index (χ4v) is 4.95. The number of benzene rings is 2. The maximum absolute atomic E-state index is 13.6. The van der Waals surface area contributed by atoms with Crippen LogP contribution in [-0.4, -0.2) is 36.2 Å². The second-order valence-electron chi connectivity index (χ2n) is 8.14. The quantitative estimate of drug-likeness (QED) is 0.298. The molecule has 1 aliphatic heterocycles. The van der Waals surface area contributed by atoms with Gasteiger partial charge in [-0.3, -0.25) is 19.5 Å². The zero-order valence-electron chi connectivity index (χ0n) is 19.7. The smallest absolute Gasteiger partial charge is 0.338 e. The number of fused-ring (bicyclic) bond motifs is 1. The largest absolute Gasteiger partial charge is 0.463 e. The van der Waals surface area contributed by atoms with E-state index in [9.17, 15) is 19.7 Å². The second-order valence-corrected chi connectivity index (χ2v) is 9.15. The number of non-ortho nitro benzene ring substituents is 1. The zero-order valence-corrected chi connectivity index (χ0v) is 20.5. The number of carbonyl (C=O) groups excluding carboxylic acids is 1. The van der Waals surface area contributed by atoms with Crippen molar-refractivity contribution in [1.82, 2.24) is 4.57 Å². The van der Waals surface area contributed by atoms with Gasteiger partial charge < -0.3 is 9.64 Å².